The Kier molecular flexibility index (Phi) is 8.31. The molecular formula is C29H34N2O4S. The Morgan fingerprint density at radius 2 is 1.75 bits per heavy atom. The molecule has 4 rings (SSSR count). The molecule has 0 bridgehead atoms. The van der Waals surface area contributed by atoms with Crippen molar-refractivity contribution in [3.63, 3.8) is 0 Å². The molecule has 0 aliphatic carbocycles. The predicted octanol–water partition coefficient (Wildman–Crippen LogP) is 5.81. The number of carbonyl (C=O) groups excluding carboxylic acids is 2. The highest BCUT2D eigenvalue weighted by atomic mass is 32.1. The van der Waals surface area contributed by atoms with Crippen LogP contribution in [-0.4, -0.2) is 41.5 Å². The summed E-state index contributed by atoms with van der Waals surface area (Å²) in [6, 6.07) is 15.4. The third-order valence-electron chi connectivity index (χ3n) is 6.68. The van der Waals surface area contributed by atoms with Crippen LogP contribution in [0.5, 0.6) is 11.5 Å². The largest absolute Gasteiger partial charge is 0.454 e. The van der Waals surface area contributed by atoms with Crippen LogP contribution in [0.4, 0.5) is 0 Å². The molecule has 1 atom stereocenters. The number of benzene rings is 2. The number of nitrogens with zero attached hydrogens (tertiary/aromatic N) is 2. The van der Waals surface area contributed by atoms with E-state index in [1.807, 2.05) is 59.7 Å². The molecule has 0 N–H and O–H groups in total. The molecule has 2 aromatic carbocycles. The first-order chi connectivity index (χ1) is 17.4. The Morgan fingerprint density at radius 3 is 2.47 bits per heavy atom. The smallest absolute Gasteiger partial charge is 0.254 e. The van der Waals surface area contributed by atoms with Crippen LogP contribution in [0.3, 0.4) is 0 Å². The summed E-state index contributed by atoms with van der Waals surface area (Å²) in [5.41, 5.74) is 3.68. The van der Waals surface area contributed by atoms with Crippen molar-refractivity contribution in [2.24, 2.45) is 5.92 Å². The van der Waals surface area contributed by atoms with Gasteiger partial charge in [-0.25, -0.2) is 0 Å². The van der Waals surface area contributed by atoms with Crippen molar-refractivity contribution in [2.45, 2.75) is 47.2 Å². The summed E-state index contributed by atoms with van der Waals surface area (Å²) in [6.45, 7) is 9.90. The van der Waals surface area contributed by atoms with Gasteiger partial charge in [-0.2, -0.15) is 0 Å². The van der Waals surface area contributed by atoms with Gasteiger partial charge in [0.25, 0.3) is 5.91 Å². The maximum Gasteiger partial charge on any atom is 0.254 e. The molecule has 1 unspecified atom stereocenters. The van der Waals surface area contributed by atoms with Crippen LogP contribution in [0.2, 0.25) is 0 Å². The average molecular weight is 507 g/mol. The van der Waals surface area contributed by atoms with Crippen LogP contribution < -0.4 is 9.47 Å². The molecule has 7 heteroatoms. The molecule has 0 spiro atoms. The summed E-state index contributed by atoms with van der Waals surface area (Å²) in [5, 5.41) is 2.05. The zero-order chi connectivity index (χ0) is 25.7. The lowest BCUT2D eigenvalue weighted by Gasteiger charge is -2.30. The van der Waals surface area contributed by atoms with Gasteiger partial charge in [-0.3, -0.25) is 9.59 Å². The minimum absolute atomic E-state index is 0.0342. The molecule has 6 nitrogen and oxygen atoms in total. The molecule has 2 amide bonds. The van der Waals surface area contributed by atoms with Crippen molar-refractivity contribution in [3.8, 4) is 11.5 Å². The normalized spacial score (nSPS) is 12.9. The zero-order valence-electron chi connectivity index (χ0n) is 21.5. The molecule has 190 valence electrons. The van der Waals surface area contributed by atoms with Crippen molar-refractivity contribution in [1.29, 1.82) is 0 Å². The van der Waals surface area contributed by atoms with E-state index in [2.05, 4.69) is 26.8 Å². The standard InChI is InChI=1S/C29H34N2O4S/c1-5-20(2)15-31(29(33)24-9-7-6-8-21(24)3)18-28(32)30(17-27-22(4)12-13-36-27)16-23-10-11-25-26(14-23)35-19-34-25/h6-14,20H,5,15-19H2,1-4H3. The summed E-state index contributed by atoms with van der Waals surface area (Å²) in [6.07, 6.45) is 0.932. The first-order valence-electron chi connectivity index (χ1n) is 12.4. The molecule has 0 saturated heterocycles. The maximum absolute atomic E-state index is 13.8. The minimum atomic E-state index is -0.0999. The van der Waals surface area contributed by atoms with Gasteiger partial charge < -0.3 is 19.3 Å². The predicted molar refractivity (Wildman–Crippen MR) is 142 cm³/mol. The number of ether oxygens (including phenoxy) is 2. The van der Waals surface area contributed by atoms with Crippen LogP contribution in [-0.2, 0) is 17.9 Å². The number of aryl methyl sites for hydroxylation is 2. The minimum Gasteiger partial charge on any atom is -0.454 e. The Morgan fingerprint density at radius 1 is 0.972 bits per heavy atom. The van der Waals surface area contributed by atoms with Gasteiger partial charge in [0.1, 0.15) is 6.54 Å². The number of carbonyl (C=O) groups is 2. The average Bonchev–Trinajstić information content (AvgIpc) is 3.51. The molecule has 1 aromatic heterocycles. The number of hydrogen-bond acceptors (Lipinski definition) is 5. The summed E-state index contributed by atoms with van der Waals surface area (Å²) >= 11 is 1.65. The second-order valence-electron chi connectivity index (χ2n) is 9.48. The maximum atomic E-state index is 13.8. The first-order valence-corrected chi connectivity index (χ1v) is 13.3. The van der Waals surface area contributed by atoms with E-state index in [0.717, 1.165) is 28.0 Å². The molecule has 2 heterocycles. The quantitative estimate of drug-likeness (QED) is 0.348. The molecule has 36 heavy (non-hydrogen) atoms. The Hall–Kier alpha value is -3.32. The third-order valence-corrected chi connectivity index (χ3v) is 7.69. The van der Waals surface area contributed by atoms with E-state index < -0.39 is 0 Å². The van der Waals surface area contributed by atoms with Crippen molar-refractivity contribution in [3.05, 3.63) is 81.0 Å². The van der Waals surface area contributed by atoms with Crippen molar-refractivity contribution >= 4 is 23.2 Å². The zero-order valence-corrected chi connectivity index (χ0v) is 22.3. The van der Waals surface area contributed by atoms with E-state index in [1.54, 1.807) is 16.2 Å². The van der Waals surface area contributed by atoms with Gasteiger partial charge in [0.15, 0.2) is 11.5 Å². The van der Waals surface area contributed by atoms with Crippen molar-refractivity contribution in [2.75, 3.05) is 19.9 Å². The van der Waals surface area contributed by atoms with Gasteiger partial charge in [0.2, 0.25) is 12.7 Å². The fourth-order valence-electron chi connectivity index (χ4n) is 4.20. The molecule has 3 aromatic rings. The number of thiophene rings is 1. The van der Waals surface area contributed by atoms with Crippen LogP contribution in [0, 0.1) is 19.8 Å². The first kappa shape index (κ1) is 25.8. The monoisotopic (exact) mass is 506 g/mol. The topological polar surface area (TPSA) is 59.1 Å². The summed E-state index contributed by atoms with van der Waals surface area (Å²) in [5.74, 6) is 1.52. The number of fused-ring (bicyclic) bond motifs is 1. The number of amides is 2. The Labute approximate surface area is 217 Å². The van der Waals surface area contributed by atoms with E-state index in [4.69, 9.17) is 9.47 Å². The highest BCUT2D eigenvalue weighted by Crippen LogP contribution is 2.33. The highest BCUT2D eigenvalue weighted by Gasteiger charge is 2.26. The summed E-state index contributed by atoms with van der Waals surface area (Å²) in [7, 11) is 0. The van der Waals surface area contributed by atoms with Crippen molar-refractivity contribution < 1.29 is 19.1 Å². The SMILES string of the molecule is CCC(C)CN(CC(=O)N(Cc1ccc2c(c1)OCO2)Cc1sccc1C)C(=O)c1ccccc1C. The third kappa shape index (κ3) is 6.08. The molecule has 0 saturated carbocycles. The molecule has 1 aliphatic rings. The second kappa shape index (κ2) is 11.6. The van der Waals surface area contributed by atoms with Crippen LogP contribution in [0.1, 0.15) is 52.2 Å². The van der Waals surface area contributed by atoms with E-state index in [1.165, 1.54) is 0 Å². The van der Waals surface area contributed by atoms with E-state index in [0.29, 0.717) is 36.7 Å². The lowest BCUT2D eigenvalue weighted by atomic mass is 10.1. The van der Waals surface area contributed by atoms with E-state index >= 15 is 0 Å². The van der Waals surface area contributed by atoms with E-state index in [-0.39, 0.29) is 31.1 Å². The molecule has 1 aliphatic heterocycles. The molecule has 0 fully saturated rings. The Balaban J connectivity index is 1.59. The van der Waals surface area contributed by atoms with Crippen LogP contribution >= 0.6 is 11.3 Å². The lowest BCUT2D eigenvalue weighted by molar-refractivity contribution is -0.133. The van der Waals surface area contributed by atoms with Gasteiger partial charge in [0, 0.05) is 23.5 Å². The van der Waals surface area contributed by atoms with Gasteiger partial charge in [-0.1, -0.05) is 44.5 Å². The summed E-state index contributed by atoms with van der Waals surface area (Å²) in [4.78, 5) is 32.1. The van der Waals surface area contributed by atoms with Gasteiger partial charge >= 0.3 is 0 Å². The van der Waals surface area contributed by atoms with Crippen LogP contribution in [0.15, 0.2) is 53.9 Å². The van der Waals surface area contributed by atoms with E-state index in [9.17, 15) is 9.59 Å². The van der Waals surface area contributed by atoms with Gasteiger partial charge in [-0.15, -0.1) is 11.3 Å². The van der Waals surface area contributed by atoms with Gasteiger partial charge in [0.05, 0.1) is 6.54 Å². The molecular weight excluding hydrogens is 472 g/mol. The summed E-state index contributed by atoms with van der Waals surface area (Å²) < 4.78 is 11.0. The van der Waals surface area contributed by atoms with Gasteiger partial charge in [-0.05, 0) is 66.1 Å². The van der Waals surface area contributed by atoms with Crippen LogP contribution in [0.25, 0.3) is 0 Å². The Bertz CT molecular complexity index is 1220. The fourth-order valence-corrected chi connectivity index (χ4v) is 5.12. The number of rotatable bonds is 10. The highest BCUT2D eigenvalue weighted by molar-refractivity contribution is 7.10. The second-order valence-corrected chi connectivity index (χ2v) is 10.5. The molecule has 0 radical (unpaired) electrons. The number of hydrogen-bond donors (Lipinski definition) is 0. The lowest BCUT2D eigenvalue weighted by Crippen LogP contribution is -2.44. The van der Waals surface area contributed by atoms with Crippen molar-refractivity contribution in [1.82, 2.24) is 9.80 Å². The fraction of sp³-hybridized carbons (Fsp3) is 0.379.